The molecule has 3 aromatic rings. The maximum atomic E-state index is 14.0. The van der Waals surface area contributed by atoms with Gasteiger partial charge in [0.15, 0.2) is 0 Å². The molecule has 0 aromatic heterocycles. The van der Waals surface area contributed by atoms with Gasteiger partial charge in [-0.15, -0.1) is 0 Å². The molecule has 0 radical (unpaired) electrons. The number of carbonyl (C=O) groups is 2. The molecule has 40 heavy (non-hydrogen) atoms. The van der Waals surface area contributed by atoms with Crippen LogP contribution < -0.4 is 14.4 Å². The number of carbonyl (C=O) groups excluding carboxylic acids is 2. The second kappa shape index (κ2) is 14.2. The number of amides is 2. The van der Waals surface area contributed by atoms with Crippen LogP contribution in [0.3, 0.4) is 0 Å². The normalized spacial score (nSPS) is 12.1. The van der Waals surface area contributed by atoms with Gasteiger partial charge in [0.05, 0.1) is 18.6 Å². The summed E-state index contributed by atoms with van der Waals surface area (Å²) in [6.45, 7) is 5.61. The number of nitrogens with one attached hydrogen (secondary N) is 1. The molecule has 1 N–H and O–H groups in total. The Kier molecular flexibility index (Phi) is 11.0. The average molecular weight is 586 g/mol. The fourth-order valence-electron chi connectivity index (χ4n) is 4.21. The SMILES string of the molecule is CCOc1ccc(N(CC(=O)N(Cc2ccc(Cl)cc2)[C@@H](Cc2ccccc2)C(=O)NC(C)C)S(C)(=O)=O)cc1. The van der Waals surface area contributed by atoms with Gasteiger partial charge in [-0.1, -0.05) is 54.1 Å². The topological polar surface area (TPSA) is 96.0 Å². The Hall–Kier alpha value is -3.56. The van der Waals surface area contributed by atoms with Crippen LogP contribution in [0.5, 0.6) is 5.75 Å². The molecule has 0 aliphatic heterocycles. The van der Waals surface area contributed by atoms with Crippen LogP contribution in [0.25, 0.3) is 0 Å². The molecule has 0 aliphatic carbocycles. The first-order valence-electron chi connectivity index (χ1n) is 13.1. The van der Waals surface area contributed by atoms with E-state index < -0.39 is 28.5 Å². The summed E-state index contributed by atoms with van der Waals surface area (Å²) in [5.74, 6) is -0.258. The Labute approximate surface area is 241 Å². The van der Waals surface area contributed by atoms with E-state index in [0.29, 0.717) is 23.1 Å². The maximum absolute atomic E-state index is 14.0. The lowest BCUT2D eigenvalue weighted by molar-refractivity contribution is -0.140. The zero-order valence-corrected chi connectivity index (χ0v) is 24.8. The number of halogens is 1. The van der Waals surface area contributed by atoms with Crippen molar-refractivity contribution in [2.24, 2.45) is 0 Å². The lowest BCUT2D eigenvalue weighted by atomic mass is 10.0. The molecule has 0 spiro atoms. The summed E-state index contributed by atoms with van der Waals surface area (Å²) in [4.78, 5) is 29.0. The molecule has 0 saturated carbocycles. The zero-order chi connectivity index (χ0) is 29.3. The van der Waals surface area contributed by atoms with Gasteiger partial charge in [0.1, 0.15) is 18.3 Å². The Bertz CT molecular complexity index is 1360. The summed E-state index contributed by atoms with van der Waals surface area (Å²) in [5, 5.41) is 3.47. The average Bonchev–Trinajstić information content (AvgIpc) is 2.90. The fourth-order valence-corrected chi connectivity index (χ4v) is 5.19. The molecular weight excluding hydrogens is 550 g/mol. The highest BCUT2D eigenvalue weighted by molar-refractivity contribution is 7.92. The van der Waals surface area contributed by atoms with E-state index in [9.17, 15) is 18.0 Å². The first-order valence-corrected chi connectivity index (χ1v) is 15.3. The van der Waals surface area contributed by atoms with Crippen LogP contribution in [0.4, 0.5) is 5.69 Å². The van der Waals surface area contributed by atoms with E-state index in [1.165, 1.54) is 4.90 Å². The minimum atomic E-state index is -3.85. The van der Waals surface area contributed by atoms with Crippen molar-refractivity contribution in [1.29, 1.82) is 0 Å². The highest BCUT2D eigenvalue weighted by Crippen LogP contribution is 2.23. The monoisotopic (exact) mass is 585 g/mol. The van der Waals surface area contributed by atoms with Gasteiger partial charge in [-0.3, -0.25) is 13.9 Å². The predicted octanol–water partition coefficient (Wildman–Crippen LogP) is 4.67. The molecule has 3 rings (SSSR count). The third kappa shape index (κ3) is 8.99. The fraction of sp³-hybridized carbons (Fsp3) is 0.333. The lowest BCUT2D eigenvalue weighted by Gasteiger charge is -2.34. The van der Waals surface area contributed by atoms with Crippen molar-refractivity contribution < 1.29 is 22.7 Å². The van der Waals surface area contributed by atoms with Gasteiger partial charge in [0.2, 0.25) is 21.8 Å². The minimum absolute atomic E-state index is 0.0832. The number of benzene rings is 3. The van der Waals surface area contributed by atoms with Crippen molar-refractivity contribution in [3.05, 3.63) is 95.0 Å². The van der Waals surface area contributed by atoms with Crippen molar-refractivity contribution in [1.82, 2.24) is 10.2 Å². The lowest BCUT2D eigenvalue weighted by Crippen LogP contribution is -2.54. The zero-order valence-electron chi connectivity index (χ0n) is 23.2. The van der Waals surface area contributed by atoms with Crippen molar-refractivity contribution >= 4 is 39.1 Å². The van der Waals surface area contributed by atoms with Crippen molar-refractivity contribution in [3.63, 3.8) is 0 Å². The molecule has 0 heterocycles. The summed E-state index contributed by atoms with van der Waals surface area (Å²) in [6, 6.07) is 21.8. The molecular formula is C30H36ClN3O5S. The maximum Gasteiger partial charge on any atom is 0.244 e. The van der Waals surface area contributed by atoms with Crippen molar-refractivity contribution in [2.75, 3.05) is 23.7 Å². The Morgan fingerprint density at radius 3 is 2.10 bits per heavy atom. The van der Waals surface area contributed by atoms with Gasteiger partial charge in [0.25, 0.3) is 0 Å². The Morgan fingerprint density at radius 1 is 0.925 bits per heavy atom. The summed E-state index contributed by atoms with van der Waals surface area (Å²) < 4.78 is 32.2. The van der Waals surface area contributed by atoms with Gasteiger partial charge in [0, 0.05) is 24.0 Å². The molecule has 3 aromatic carbocycles. The van der Waals surface area contributed by atoms with Crippen LogP contribution in [0.2, 0.25) is 5.02 Å². The number of hydrogen-bond donors (Lipinski definition) is 1. The largest absolute Gasteiger partial charge is 0.494 e. The predicted molar refractivity (Wildman–Crippen MR) is 159 cm³/mol. The molecule has 214 valence electrons. The van der Waals surface area contributed by atoms with E-state index in [0.717, 1.165) is 21.7 Å². The van der Waals surface area contributed by atoms with Gasteiger partial charge in [-0.05, 0) is 68.3 Å². The summed E-state index contributed by atoms with van der Waals surface area (Å²) in [5.41, 5.74) is 1.93. The van der Waals surface area contributed by atoms with Crippen LogP contribution >= 0.6 is 11.6 Å². The molecule has 0 fully saturated rings. The van der Waals surface area contributed by atoms with E-state index in [-0.39, 0.29) is 24.9 Å². The highest BCUT2D eigenvalue weighted by atomic mass is 35.5. The standard InChI is InChI=1S/C30H36ClN3O5S/c1-5-39-27-17-15-26(16-18-27)34(40(4,37)38)21-29(35)33(20-24-11-13-25(31)14-12-24)28(30(36)32-22(2)3)19-23-9-7-6-8-10-23/h6-18,22,28H,5,19-21H2,1-4H3,(H,32,36)/t28-/m0/s1. The molecule has 0 bridgehead atoms. The van der Waals surface area contributed by atoms with Gasteiger partial charge < -0.3 is 15.0 Å². The number of hydrogen-bond acceptors (Lipinski definition) is 5. The Balaban J connectivity index is 2.02. The second-order valence-corrected chi connectivity index (χ2v) is 12.1. The first kappa shape index (κ1) is 31.0. The molecule has 8 nitrogen and oxygen atoms in total. The van der Waals surface area contributed by atoms with Crippen molar-refractivity contribution in [2.45, 2.75) is 45.8 Å². The second-order valence-electron chi connectivity index (χ2n) is 9.71. The molecule has 0 unspecified atom stereocenters. The van der Waals surface area contributed by atoms with Gasteiger partial charge in [-0.2, -0.15) is 0 Å². The van der Waals surface area contributed by atoms with Crippen LogP contribution in [-0.4, -0.2) is 56.6 Å². The number of ether oxygens (including phenoxy) is 1. The van der Waals surface area contributed by atoms with Crippen molar-refractivity contribution in [3.8, 4) is 5.75 Å². The van der Waals surface area contributed by atoms with E-state index in [2.05, 4.69) is 5.32 Å². The van der Waals surface area contributed by atoms with Crippen LogP contribution in [-0.2, 0) is 32.6 Å². The van der Waals surface area contributed by atoms with Crippen LogP contribution in [0.1, 0.15) is 31.9 Å². The van der Waals surface area contributed by atoms with Gasteiger partial charge in [-0.25, -0.2) is 8.42 Å². The summed E-state index contributed by atoms with van der Waals surface area (Å²) in [6.07, 6.45) is 1.30. The number of sulfonamides is 1. The van der Waals surface area contributed by atoms with E-state index >= 15 is 0 Å². The smallest absolute Gasteiger partial charge is 0.244 e. The first-order chi connectivity index (χ1) is 19.0. The summed E-state index contributed by atoms with van der Waals surface area (Å²) in [7, 11) is -3.85. The Morgan fingerprint density at radius 2 is 1.55 bits per heavy atom. The summed E-state index contributed by atoms with van der Waals surface area (Å²) >= 11 is 6.08. The molecule has 0 saturated heterocycles. The van der Waals surface area contributed by atoms with Crippen LogP contribution in [0, 0.1) is 0 Å². The molecule has 0 aliphatic rings. The molecule has 2 amide bonds. The molecule has 10 heteroatoms. The third-order valence-electron chi connectivity index (χ3n) is 6.08. The van der Waals surface area contributed by atoms with E-state index in [1.807, 2.05) is 51.1 Å². The number of nitrogens with zero attached hydrogens (tertiary/aromatic N) is 2. The van der Waals surface area contributed by atoms with Gasteiger partial charge >= 0.3 is 0 Å². The molecule has 1 atom stereocenters. The number of anilines is 1. The number of rotatable bonds is 13. The third-order valence-corrected chi connectivity index (χ3v) is 7.48. The minimum Gasteiger partial charge on any atom is -0.494 e. The van der Waals surface area contributed by atoms with E-state index in [4.69, 9.17) is 16.3 Å². The van der Waals surface area contributed by atoms with Crippen LogP contribution in [0.15, 0.2) is 78.9 Å². The van der Waals surface area contributed by atoms with E-state index in [1.54, 1.807) is 48.5 Å². The highest BCUT2D eigenvalue weighted by Gasteiger charge is 2.33. The quantitative estimate of drug-likeness (QED) is 0.314.